The van der Waals surface area contributed by atoms with Gasteiger partial charge in [0.25, 0.3) is 5.91 Å². The lowest BCUT2D eigenvalue weighted by Crippen LogP contribution is -2.62. The molecule has 3 rings (SSSR count). The highest BCUT2D eigenvalue weighted by Gasteiger charge is 2.51. The maximum absolute atomic E-state index is 12.9. The van der Waals surface area contributed by atoms with E-state index in [9.17, 15) is 65.5 Å². The van der Waals surface area contributed by atoms with Crippen LogP contribution in [0, 0.1) is 17.8 Å². The van der Waals surface area contributed by atoms with Crippen LogP contribution in [0.15, 0.2) is 72.9 Å². The number of allylic oxidation sites excluding steroid dienone is 10. The van der Waals surface area contributed by atoms with E-state index in [0.717, 1.165) is 12.8 Å². The van der Waals surface area contributed by atoms with Crippen LogP contribution in [0.4, 0.5) is 0 Å². The molecule has 3 aliphatic heterocycles. The predicted molar refractivity (Wildman–Crippen MR) is 238 cm³/mol. The molecule has 66 heavy (non-hydrogen) atoms. The third-order valence-electron chi connectivity index (χ3n) is 12.2. The largest absolute Gasteiger partial charge is 0.462 e. The van der Waals surface area contributed by atoms with E-state index >= 15 is 0 Å². The van der Waals surface area contributed by atoms with E-state index in [2.05, 4.69) is 0 Å². The molecule has 374 valence electrons. The Kier molecular flexibility index (Phi) is 24.2. The molecule has 0 aromatic carbocycles. The molecule has 3 aliphatic rings. The fourth-order valence-corrected chi connectivity index (χ4v) is 8.09. The number of nitrogens with one attached hydrogen (secondary N) is 1. The second kappa shape index (κ2) is 28.1. The quantitative estimate of drug-likeness (QED) is 0.0796. The molecule has 13 N–H and O–H groups in total. The van der Waals surface area contributed by atoms with Crippen LogP contribution in [0.25, 0.3) is 0 Å². The van der Waals surface area contributed by atoms with Crippen molar-refractivity contribution < 1.29 is 84.5 Å². The van der Waals surface area contributed by atoms with Gasteiger partial charge >= 0.3 is 5.97 Å². The van der Waals surface area contributed by atoms with Crippen molar-refractivity contribution in [3.8, 4) is 0 Å². The van der Waals surface area contributed by atoms with E-state index < -0.39 is 153 Å². The van der Waals surface area contributed by atoms with E-state index in [1.54, 1.807) is 44.2 Å². The molecule has 19 nitrogen and oxygen atoms in total. The number of cyclic esters (lactones) is 1. The molecule has 2 bridgehead atoms. The number of nitrogens with two attached hydrogens (primary N) is 1. The van der Waals surface area contributed by atoms with Gasteiger partial charge in [0, 0.05) is 43.9 Å². The summed E-state index contributed by atoms with van der Waals surface area (Å²) in [4.78, 5) is 38.2. The fourth-order valence-electron chi connectivity index (χ4n) is 8.09. The van der Waals surface area contributed by atoms with Gasteiger partial charge in [0.15, 0.2) is 12.1 Å². The van der Waals surface area contributed by atoms with E-state index in [4.69, 9.17) is 24.7 Å². The highest BCUT2D eigenvalue weighted by atomic mass is 16.7. The first-order valence-electron chi connectivity index (χ1n) is 22.7. The zero-order valence-electron chi connectivity index (χ0n) is 38.2. The van der Waals surface area contributed by atoms with Crippen LogP contribution < -0.4 is 11.2 Å². The molecule has 0 spiro atoms. The van der Waals surface area contributed by atoms with Gasteiger partial charge in [-0.1, -0.05) is 86.8 Å². The predicted octanol–water partition coefficient (Wildman–Crippen LogP) is 0.565. The average Bonchev–Trinajstić information content (AvgIpc) is 3.24. The minimum absolute atomic E-state index is 0.200. The summed E-state index contributed by atoms with van der Waals surface area (Å²) in [6, 6.07) is -1.15. The van der Waals surface area contributed by atoms with Crippen LogP contribution in [-0.2, 0) is 33.3 Å². The topological polar surface area (TPSA) is 328 Å². The van der Waals surface area contributed by atoms with E-state index in [1.807, 2.05) is 43.4 Å². The summed E-state index contributed by atoms with van der Waals surface area (Å²) in [5.74, 6) is -6.98. The van der Waals surface area contributed by atoms with Crippen LogP contribution in [0.5, 0.6) is 0 Å². The lowest BCUT2D eigenvalue weighted by atomic mass is 9.82. The minimum Gasteiger partial charge on any atom is -0.462 e. The van der Waals surface area contributed by atoms with Gasteiger partial charge in [0.2, 0.25) is 0 Å². The zero-order chi connectivity index (χ0) is 49.1. The van der Waals surface area contributed by atoms with E-state index in [-0.39, 0.29) is 25.2 Å². The first-order valence-corrected chi connectivity index (χ1v) is 22.7. The van der Waals surface area contributed by atoms with Gasteiger partial charge in [-0.3, -0.25) is 19.6 Å². The molecule has 19 heteroatoms. The summed E-state index contributed by atoms with van der Waals surface area (Å²) >= 11 is 0. The molecule has 0 aliphatic carbocycles. The van der Waals surface area contributed by atoms with Crippen molar-refractivity contribution in [3.63, 3.8) is 0 Å². The molecular weight excluding hydrogens is 865 g/mol. The molecule has 3 heterocycles. The third kappa shape index (κ3) is 18.5. The maximum atomic E-state index is 12.9. The maximum Gasteiger partial charge on any atom is 0.308 e. The van der Waals surface area contributed by atoms with Crippen LogP contribution in [-0.4, -0.2) is 160 Å². The standard InChI is InChI=1S/C47H74N2O17/c1-27-17-15-13-11-9-7-5-6-8-10-12-14-16-18-34(65-46-44(59)41(48)43(58)30(4)64-46)24-38-40(45(60)49-62)37(55)26-47(61,66-38)25-36(54)35(53)20-19-31(50)21-32(51)22-33(52)23-39(56)63-29(3)28(2)42(27)57/h5-10,12,14-18,27-31,33-38,40-44,46,50,52-55,57-59,61-62H,11,13,19-26,48H2,1-4H3,(H,49,60)/b6-5+,9-7+,10-8+,14-12+,17-15+,18-16+/t27-,28-,29-,30+,31+,33+,34-,35+,36+,37-,38-,40+,41-,42+,43+,44-,46-,47+/m0/s1. The minimum atomic E-state index is -2.37. The molecule has 2 saturated heterocycles. The Morgan fingerprint density at radius 1 is 0.727 bits per heavy atom. The fraction of sp³-hybridized carbons (Fsp3) is 0.681. The number of aliphatic hydroxyl groups is 9. The number of esters is 1. The normalized spacial score (nSPS) is 43.6. The lowest BCUT2D eigenvalue weighted by molar-refractivity contribution is -0.309. The van der Waals surface area contributed by atoms with Crippen LogP contribution in [0.2, 0.25) is 0 Å². The van der Waals surface area contributed by atoms with Crippen molar-refractivity contribution in [2.75, 3.05) is 0 Å². The molecule has 1 amide bonds. The Labute approximate surface area is 386 Å². The smallest absolute Gasteiger partial charge is 0.308 e. The third-order valence-corrected chi connectivity index (χ3v) is 12.2. The van der Waals surface area contributed by atoms with Gasteiger partial charge < -0.3 is 70.6 Å². The van der Waals surface area contributed by atoms with Crippen LogP contribution in [0.1, 0.15) is 91.9 Å². The van der Waals surface area contributed by atoms with Gasteiger partial charge in [-0.25, -0.2) is 5.48 Å². The molecular formula is C47H74N2O17. The number of hydrogen-bond donors (Lipinski definition) is 12. The van der Waals surface area contributed by atoms with Crippen molar-refractivity contribution in [2.24, 2.45) is 23.5 Å². The van der Waals surface area contributed by atoms with Gasteiger partial charge in [-0.05, 0) is 39.5 Å². The monoisotopic (exact) mass is 938 g/mol. The number of carbonyl (C=O) groups excluding carboxylic acids is 3. The molecule has 0 saturated carbocycles. The number of amides is 1. The number of ether oxygens (including phenoxy) is 4. The van der Waals surface area contributed by atoms with Gasteiger partial charge in [-0.2, -0.15) is 0 Å². The summed E-state index contributed by atoms with van der Waals surface area (Å²) in [5, 5.41) is 107. The van der Waals surface area contributed by atoms with Crippen LogP contribution >= 0.6 is 0 Å². The van der Waals surface area contributed by atoms with Crippen molar-refractivity contribution in [3.05, 3.63) is 72.9 Å². The zero-order valence-corrected chi connectivity index (χ0v) is 38.2. The Balaban J connectivity index is 1.86. The number of hydrogen-bond acceptors (Lipinski definition) is 18. The van der Waals surface area contributed by atoms with Crippen LogP contribution in [0.3, 0.4) is 0 Å². The highest BCUT2D eigenvalue weighted by molar-refractivity contribution is 5.80. The number of aliphatic hydroxyl groups excluding tert-OH is 8. The molecule has 0 aromatic rings. The number of ketones is 1. The van der Waals surface area contributed by atoms with Gasteiger partial charge in [-0.15, -0.1) is 0 Å². The number of fused-ring (bicyclic) bond motifs is 2. The Morgan fingerprint density at radius 2 is 1.33 bits per heavy atom. The highest BCUT2D eigenvalue weighted by Crippen LogP contribution is 2.38. The Morgan fingerprint density at radius 3 is 2.00 bits per heavy atom. The average molecular weight is 939 g/mol. The number of hydroxylamine groups is 1. The SMILES string of the molecule is C[C@@H]1[C@H](O)[C@@H](C)/C=C/CC/C=C/C=C/C=C/C=C/C=C/[C@H](O[C@@H]2O[C@H](C)[C@@H](O)[C@H](N)[C@@H]2O)C[C@@H]2O[C@](O)(C[C@@H](O)[C@H](O)CC[C@@H](O)CC(=O)C[C@@H](O)CC(=O)O[C@H]1C)C[C@H](O)[C@H]2C(=O)NO. The van der Waals surface area contributed by atoms with Gasteiger partial charge in [0.1, 0.15) is 18.0 Å². The summed E-state index contributed by atoms with van der Waals surface area (Å²) < 4.78 is 23.2. The number of rotatable bonds is 3. The summed E-state index contributed by atoms with van der Waals surface area (Å²) in [6.45, 7) is 6.76. The summed E-state index contributed by atoms with van der Waals surface area (Å²) in [6.07, 6.45) is 2.54. The first kappa shape index (κ1) is 56.8. The molecule has 0 radical (unpaired) electrons. The second-order valence-electron chi connectivity index (χ2n) is 17.8. The molecule has 2 fully saturated rings. The molecule has 18 atom stereocenters. The summed E-state index contributed by atoms with van der Waals surface area (Å²) in [7, 11) is 0. The van der Waals surface area contributed by atoms with Crippen molar-refractivity contribution >= 4 is 17.7 Å². The first-order chi connectivity index (χ1) is 31.2. The second-order valence-corrected chi connectivity index (χ2v) is 17.8. The number of carbonyl (C=O) groups is 3. The number of Topliss-reactive ketones (excluding diaryl/α,β-unsaturated/α-hetero) is 1. The van der Waals surface area contributed by atoms with Gasteiger partial charge in [0.05, 0.1) is 79.4 Å². The molecule has 0 aromatic heterocycles. The van der Waals surface area contributed by atoms with Crippen molar-refractivity contribution in [1.29, 1.82) is 0 Å². The molecule has 0 unspecified atom stereocenters. The summed E-state index contributed by atoms with van der Waals surface area (Å²) in [5.41, 5.74) is 7.52. The van der Waals surface area contributed by atoms with Crippen molar-refractivity contribution in [2.45, 2.75) is 183 Å². The van der Waals surface area contributed by atoms with E-state index in [0.29, 0.717) is 0 Å². The lowest BCUT2D eigenvalue weighted by Gasteiger charge is -2.46. The van der Waals surface area contributed by atoms with Crippen molar-refractivity contribution in [1.82, 2.24) is 5.48 Å². The Hall–Kier alpha value is -3.51. The Bertz CT molecular complexity index is 1690. The van der Waals surface area contributed by atoms with E-state index in [1.165, 1.54) is 18.5 Å².